The molecule has 5 heterocycles. The molecule has 5 aromatic heterocycles. The van der Waals surface area contributed by atoms with Crippen LogP contribution in [-0.4, -0.2) is 43.8 Å². The smallest absolute Gasteiger partial charge is 0.283 e. The molecule has 0 atom stereocenters. The summed E-state index contributed by atoms with van der Waals surface area (Å²) in [5.41, 5.74) is 16.5. The first-order chi connectivity index (χ1) is 66.1. The Bertz CT molecular complexity index is 8940. The molecule has 0 aliphatic carbocycles. The second kappa shape index (κ2) is 36.1. The van der Waals surface area contributed by atoms with E-state index in [0.29, 0.717) is 16.7 Å². The maximum atomic E-state index is 13.1. The van der Waals surface area contributed by atoms with E-state index in [4.69, 9.17) is 11.6 Å². The number of rotatable bonds is 8. The highest BCUT2D eigenvalue weighted by Gasteiger charge is 2.25. The van der Waals surface area contributed by atoms with Gasteiger partial charge in [-0.25, -0.2) is 18.7 Å². The number of nitro groups is 3. The third-order valence-electron chi connectivity index (χ3n) is 24.7. The van der Waals surface area contributed by atoms with Gasteiger partial charge in [0.25, 0.3) is 17.1 Å². The predicted octanol–water partition coefficient (Wildman–Crippen LogP) is 32.9. The second-order valence-electron chi connectivity index (χ2n) is 32.5. The number of nitrogens with zero attached hydrogens (tertiary/aromatic N) is 7. The van der Waals surface area contributed by atoms with Gasteiger partial charge < -0.3 is 19.1 Å². The molecule has 646 valence electrons. The molecule has 0 aliphatic rings. The van der Waals surface area contributed by atoms with E-state index in [0.717, 1.165) is 68.7 Å². The van der Waals surface area contributed by atoms with Crippen molar-refractivity contribution in [1.82, 2.24) is 29.1 Å². The molecule has 0 amide bonds. The molecule has 0 saturated heterocycles. The van der Waals surface area contributed by atoms with Crippen LogP contribution in [0.5, 0.6) is 0 Å². The summed E-state index contributed by atoms with van der Waals surface area (Å²) in [6, 6.07) is 142. The highest BCUT2D eigenvalue weighted by Crippen LogP contribution is 2.46. The minimum absolute atomic E-state index is 0.0902. The molecule has 19 heteroatoms. The lowest BCUT2D eigenvalue weighted by atomic mass is 10.00. The van der Waals surface area contributed by atoms with Gasteiger partial charge in [0.15, 0.2) is 0 Å². The summed E-state index contributed by atoms with van der Waals surface area (Å²) in [4.78, 5) is 47.2. The molecule has 0 unspecified atom stereocenters. The largest absolute Gasteiger partial charge is 0.355 e. The molecule has 0 aliphatic heterocycles. The summed E-state index contributed by atoms with van der Waals surface area (Å²) in [7, 11) is 0. The van der Waals surface area contributed by atoms with Gasteiger partial charge in [-0.1, -0.05) is 309 Å². The Morgan fingerprint density at radius 3 is 1.03 bits per heavy atom. The van der Waals surface area contributed by atoms with Gasteiger partial charge in [-0.3, -0.25) is 30.3 Å². The van der Waals surface area contributed by atoms with E-state index in [1.165, 1.54) is 159 Å². The zero-order chi connectivity index (χ0) is 91.9. The molecule has 0 fully saturated rings. The molecule has 21 aromatic carbocycles. The average Bonchev–Trinajstić information content (AvgIpc) is 1.56. The van der Waals surface area contributed by atoms with Gasteiger partial charge in [0.2, 0.25) is 5.28 Å². The molecule has 0 saturated carbocycles. The van der Waals surface area contributed by atoms with Crippen LogP contribution in [0.2, 0.25) is 5.28 Å². The number of H-pyrrole nitrogens is 2. The second-order valence-corrected chi connectivity index (χ2v) is 33.7. The number of fused-ring (bicyclic) bond motifs is 25. The fraction of sp³-hybridized carbons (Fsp3) is 0. The quantitative estimate of drug-likeness (QED) is 0.0851. The normalized spacial score (nSPS) is 11.3. The van der Waals surface area contributed by atoms with Gasteiger partial charge in [0, 0.05) is 106 Å². The van der Waals surface area contributed by atoms with Crippen molar-refractivity contribution in [3.8, 4) is 44.9 Å². The van der Waals surface area contributed by atoms with E-state index in [1.54, 1.807) is 36.4 Å². The number of aromatic nitrogens is 6. The number of halogens is 4. The van der Waals surface area contributed by atoms with Crippen LogP contribution in [0.3, 0.4) is 0 Å². The zero-order valence-electron chi connectivity index (χ0n) is 71.6. The van der Waals surface area contributed by atoms with Crippen molar-refractivity contribution in [2.45, 2.75) is 0 Å². The summed E-state index contributed by atoms with van der Waals surface area (Å²) in [5.74, 6) is -0.980. The molecular formula is C116H73BrClF2N9O6. The number of para-hydroxylation sites is 2. The van der Waals surface area contributed by atoms with Crippen LogP contribution in [0, 0.1) is 42.0 Å². The number of hydrogen-bond donors (Lipinski definition) is 2. The molecule has 0 bridgehead atoms. The van der Waals surface area contributed by atoms with Crippen molar-refractivity contribution in [1.29, 1.82) is 0 Å². The molecule has 15 nitrogen and oxygen atoms in total. The summed E-state index contributed by atoms with van der Waals surface area (Å²) in [6.45, 7) is 0. The molecule has 26 aromatic rings. The molecule has 26 rings (SSSR count). The van der Waals surface area contributed by atoms with Crippen LogP contribution in [0.4, 0.5) is 25.8 Å². The van der Waals surface area contributed by atoms with Crippen molar-refractivity contribution < 1.29 is 23.6 Å². The zero-order valence-corrected chi connectivity index (χ0v) is 73.9. The van der Waals surface area contributed by atoms with Crippen molar-refractivity contribution >= 4 is 207 Å². The van der Waals surface area contributed by atoms with Crippen LogP contribution in [0.1, 0.15) is 0 Å². The number of hydrogen-bond acceptors (Lipinski definition) is 8. The predicted molar refractivity (Wildman–Crippen MR) is 553 cm³/mol. The van der Waals surface area contributed by atoms with Gasteiger partial charge in [0.05, 0.1) is 63.6 Å². The topological polar surface area (TPSA) is 197 Å². The lowest BCUT2D eigenvalue weighted by Crippen LogP contribution is -1.98. The van der Waals surface area contributed by atoms with E-state index in [2.05, 4.69) is 306 Å². The molecule has 0 spiro atoms. The Morgan fingerprint density at radius 1 is 0.274 bits per heavy atom. The number of nitrogens with one attached hydrogen (secondary N) is 2. The average molecular weight is 1840 g/mol. The van der Waals surface area contributed by atoms with E-state index >= 15 is 0 Å². The molecule has 135 heavy (non-hydrogen) atoms. The molecule has 2 N–H and O–H groups in total. The highest BCUT2D eigenvalue weighted by atomic mass is 79.9. The summed E-state index contributed by atoms with van der Waals surface area (Å²) in [5, 5.41) is 59.5. The summed E-state index contributed by atoms with van der Waals surface area (Å²) in [6.07, 6.45) is 0. The summed E-state index contributed by atoms with van der Waals surface area (Å²) < 4.78 is 30.3. The third-order valence-corrected chi connectivity index (χ3v) is 25.5. The van der Waals surface area contributed by atoms with Gasteiger partial charge in [-0.15, -0.1) is 0 Å². The first-order valence-electron chi connectivity index (χ1n) is 43.5. The van der Waals surface area contributed by atoms with Gasteiger partial charge in [0.1, 0.15) is 11.6 Å². The first kappa shape index (κ1) is 84.4. The minimum Gasteiger partial charge on any atom is -0.355 e. The fourth-order valence-corrected chi connectivity index (χ4v) is 19.4. The van der Waals surface area contributed by atoms with Crippen molar-refractivity contribution in [3.63, 3.8) is 0 Å². The Hall–Kier alpha value is -17.5. The van der Waals surface area contributed by atoms with Crippen LogP contribution >= 0.6 is 27.5 Å². The lowest BCUT2D eigenvalue weighted by Gasteiger charge is -2.11. The summed E-state index contributed by atoms with van der Waals surface area (Å²) >= 11 is 8.82. The van der Waals surface area contributed by atoms with E-state index in [9.17, 15) is 39.1 Å². The van der Waals surface area contributed by atoms with Crippen molar-refractivity contribution in [2.24, 2.45) is 0 Å². The number of benzene rings is 21. The van der Waals surface area contributed by atoms with Crippen LogP contribution in [0.15, 0.2) is 435 Å². The number of nitro benzene ring substituents is 3. The van der Waals surface area contributed by atoms with Crippen molar-refractivity contribution in [3.05, 3.63) is 482 Å². The SMILES string of the molecule is Clc1nc(-c2ccccc2)c2ccccc2n1.O=[N+]([O-])c1ccc(-n2c3ccc4ccccc4c3c3c4ccccc4ccc32)cc1-c1ccccc1.O=[N+]([O-])c1ccc(F)cc1-c1ccccc1.O=[N+]([O-])c1ccc(F)cc1Br.c1ccc2c(c1)ccc1[nH]c3ccc4ccccc4c3c12.c1ccc2c(c1)ccc1c2c2c3ccccc3ccc2n1-c1ccc2[nH]c3ccccc3c2c1. The standard InChI is InChI=1S/C32H20N2O2.C32H20N2.C20H13N.C14H9ClN2.C12H8FNO2.C6H3BrFNO2/c35-34(36)28-19-16-24(20-27(28)21-8-2-1-3-9-21)33-29-17-14-22-10-4-6-12-25(22)31(29)32-26-13-7-5-11-23(26)15-18-30(32)33;1-3-9-23-20(7-1)13-17-29-31(23)32-24-10-4-2-8-21(24)14-18-30(32)34(29)22-15-16-28-26(19-22)25-11-5-6-12-27(25)33-28;1-3-7-15-13(5-1)9-11-17-19(15)20-16-8-4-2-6-14(16)10-12-18(20)21-17;15-14-16-12-9-5-4-8-11(12)13(17-14)10-6-2-1-3-7-10;13-10-6-7-12(14(15)16)11(8-10)9-4-2-1-3-5-9;7-5-3-4(8)1-2-6(5)9(10)11/h1-20H;1-19,33H;1-12,21H;1-9H;1-8H;1-3H. The fourth-order valence-electron chi connectivity index (χ4n) is 18.7. The molecule has 0 radical (unpaired) electrons. The Kier molecular flexibility index (Phi) is 22.6. The molecular weight excluding hydrogens is 1770 g/mol. The van der Waals surface area contributed by atoms with Crippen molar-refractivity contribution in [2.75, 3.05) is 0 Å². The maximum Gasteiger partial charge on any atom is 0.283 e. The highest BCUT2D eigenvalue weighted by molar-refractivity contribution is 9.10. The monoisotopic (exact) mass is 1840 g/mol. The Morgan fingerprint density at radius 2 is 0.593 bits per heavy atom. The van der Waals surface area contributed by atoms with Crippen LogP contribution < -0.4 is 0 Å². The maximum absolute atomic E-state index is 13.1. The van der Waals surface area contributed by atoms with E-state index in [1.807, 2.05) is 97.1 Å². The lowest BCUT2D eigenvalue weighted by molar-refractivity contribution is -0.385. The third kappa shape index (κ3) is 16.1. The van der Waals surface area contributed by atoms with Gasteiger partial charge >= 0.3 is 0 Å². The van der Waals surface area contributed by atoms with Gasteiger partial charge in [-0.2, -0.15) is 0 Å². The van der Waals surface area contributed by atoms with E-state index in [-0.39, 0.29) is 31.7 Å². The van der Waals surface area contributed by atoms with Crippen LogP contribution in [-0.2, 0) is 0 Å². The van der Waals surface area contributed by atoms with E-state index < -0.39 is 21.5 Å². The Labute approximate surface area is 781 Å². The Balaban J connectivity index is 0.000000102. The van der Waals surface area contributed by atoms with Crippen LogP contribution in [0.25, 0.3) is 208 Å². The minimum atomic E-state index is -0.580. The number of aromatic amines is 2. The first-order valence-corrected chi connectivity index (χ1v) is 44.7. The van der Waals surface area contributed by atoms with Gasteiger partial charge in [-0.05, 0) is 206 Å².